The number of para-hydroxylation sites is 1. The average Bonchev–Trinajstić information content (AvgIpc) is 3.27. The van der Waals surface area contributed by atoms with Crippen molar-refractivity contribution in [2.75, 3.05) is 13.2 Å². The summed E-state index contributed by atoms with van der Waals surface area (Å²) in [7, 11) is 0. The molecular formula is C15H22Cl2N2O2. The first kappa shape index (κ1) is 18.1. The molecule has 4 nitrogen and oxygen atoms in total. The summed E-state index contributed by atoms with van der Waals surface area (Å²) in [5.74, 6) is 1.30. The predicted molar refractivity (Wildman–Crippen MR) is 87.1 cm³/mol. The Morgan fingerprint density at radius 1 is 1.43 bits per heavy atom. The highest BCUT2D eigenvalue weighted by molar-refractivity contribution is 6.32. The van der Waals surface area contributed by atoms with Gasteiger partial charge in [-0.05, 0) is 37.3 Å². The van der Waals surface area contributed by atoms with E-state index in [-0.39, 0.29) is 24.4 Å². The van der Waals surface area contributed by atoms with Crippen LogP contribution in [0, 0.1) is 5.92 Å². The van der Waals surface area contributed by atoms with E-state index in [1.54, 1.807) is 6.07 Å². The second-order valence-corrected chi connectivity index (χ2v) is 5.59. The molecule has 1 aromatic rings. The number of ether oxygens (including phenoxy) is 1. The normalized spacial score (nSPS) is 15.0. The molecule has 0 saturated heterocycles. The molecule has 1 aliphatic rings. The molecule has 1 amide bonds. The van der Waals surface area contributed by atoms with Gasteiger partial charge in [0.05, 0.1) is 11.6 Å². The van der Waals surface area contributed by atoms with Gasteiger partial charge in [0.1, 0.15) is 5.75 Å². The van der Waals surface area contributed by atoms with Crippen LogP contribution in [0.5, 0.6) is 5.75 Å². The Morgan fingerprint density at radius 2 is 2.14 bits per heavy atom. The highest BCUT2D eigenvalue weighted by Gasteiger charge is 2.28. The first-order valence-corrected chi connectivity index (χ1v) is 7.44. The fourth-order valence-corrected chi connectivity index (χ4v) is 2.18. The van der Waals surface area contributed by atoms with Crippen LogP contribution in [-0.4, -0.2) is 25.1 Å². The lowest BCUT2D eigenvalue weighted by atomic mass is 10.2. The Kier molecular flexibility index (Phi) is 7.86. The van der Waals surface area contributed by atoms with E-state index in [1.807, 2.05) is 18.2 Å². The van der Waals surface area contributed by atoms with Crippen molar-refractivity contribution in [2.45, 2.75) is 31.7 Å². The second kappa shape index (κ2) is 9.13. The van der Waals surface area contributed by atoms with Crippen molar-refractivity contribution < 1.29 is 9.53 Å². The van der Waals surface area contributed by atoms with E-state index in [4.69, 9.17) is 22.1 Å². The number of carbonyl (C=O) groups excluding carboxylic acids is 1. The largest absolute Gasteiger partial charge is 0.492 e. The summed E-state index contributed by atoms with van der Waals surface area (Å²) in [6.45, 7) is 1.06. The fourth-order valence-electron chi connectivity index (χ4n) is 1.99. The van der Waals surface area contributed by atoms with Gasteiger partial charge in [-0.15, -0.1) is 12.4 Å². The van der Waals surface area contributed by atoms with Crippen LogP contribution in [0.15, 0.2) is 24.3 Å². The van der Waals surface area contributed by atoms with Crippen molar-refractivity contribution in [1.29, 1.82) is 0 Å². The molecule has 118 valence electrons. The monoisotopic (exact) mass is 332 g/mol. The number of benzene rings is 1. The minimum Gasteiger partial charge on any atom is -0.492 e. The van der Waals surface area contributed by atoms with Crippen LogP contribution in [0.3, 0.4) is 0 Å². The van der Waals surface area contributed by atoms with Gasteiger partial charge in [0.15, 0.2) is 0 Å². The maximum Gasteiger partial charge on any atom is 0.220 e. The molecule has 0 heterocycles. The quantitative estimate of drug-likeness (QED) is 0.719. The number of rotatable bonds is 8. The Morgan fingerprint density at radius 3 is 2.81 bits per heavy atom. The zero-order chi connectivity index (χ0) is 14.4. The first-order chi connectivity index (χ1) is 9.66. The summed E-state index contributed by atoms with van der Waals surface area (Å²) in [5.41, 5.74) is 5.92. The van der Waals surface area contributed by atoms with Gasteiger partial charge >= 0.3 is 0 Å². The van der Waals surface area contributed by atoms with Crippen LogP contribution in [0.1, 0.15) is 25.7 Å². The van der Waals surface area contributed by atoms with Crippen molar-refractivity contribution in [3.05, 3.63) is 29.3 Å². The van der Waals surface area contributed by atoms with E-state index in [9.17, 15) is 4.79 Å². The van der Waals surface area contributed by atoms with E-state index in [0.717, 1.165) is 0 Å². The summed E-state index contributed by atoms with van der Waals surface area (Å²) in [6, 6.07) is 7.43. The van der Waals surface area contributed by atoms with Gasteiger partial charge < -0.3 is 15.8 Å². The van der Waals surface area contributed by atoms with Crippen LogP contribution >= 0.6 is 24.0 Å². The molecule has 1 aromatic carbocycles. The van der Waals surface area contributed by atoms with Crippen molar-refractivity contribution in [1.82, 2.24) is 5.32 Å². The maximum atomic E-state index is 11.6. The lowest BCUT2D eigenvalue weighted by Gasteiger charge is -2.11. The summed E-state index contributed by atoms with van der Waals surface area (Å²) < 4.78 is 5.52. The molecular weight excluding hydrogens is 311 g/mol. The molecule has 0 radical (unpaired) electrons. The van der Waals surface area contributed by atoms with Gasteiger partial charge in [0.25, 0.3) is 0 Å². The van der Waals surface area contributed by atoms with E-state index >= 15 is 0 Å². The Labute approximate surface area is 136 Å². The molecule has 6 heteroatoms. The molecule has 1 aliphatic carbocycles. The van der Waals surface area contributed by atoms with E-state index in [1.165, 1.54) is 12.8 Å². The highest BCUT2D eigenvalue weighted by Crippen LogP contribution is 2.31. The van der Waals surface area contributed by atoms with Crippen molar-refractivity contribution >= 4 is 29.9 Å². The number of nitrogens with one attached hydrogen (secondary N) is 1. The zero-order valence-corrected chi connectivity index (χ0v) is 13.5. The van der Waals surface area contributed by atoms with Crippen molar-refractivity contribution in [3.8, 4) is 5.75 Å². The van der Waals surface area contributed by atoms with Crippen molar-refractivity contribution in [3.63, 3.8) is 0 Å². The molecule has 1 saturated carbocycles. The molecule has 0 aliphatic heterocycles. The lowest BCUT2D eigenvalue weighted by molar-refractivity contribution is -0.121. The fraction of sp³-hybridized carbons (Fsp3) is 0.533. The number of hydrogen-bond donors (Lipinski definition) is 2. The molecule has 0 spiro atoms. The number of carbonyl (C=O) groups is 1. The van der Waals surface area contributed by atoms with Gasteiger partial charge in [0, 0.05) is 19.0 Å². The third-order valence-corrected chi connectivity index (χ3v) is 3.72. The van der Waals surface area contributed by atoms with Crippen LogP contribution in [0.2, 0.25) is 5.02 Å². The van der Waals surface area contributed by atoms with Gasteiger partial charge in [-0.3, -0.25) is 4.79 Å². The van der Waals surface area contributed by atoms with E-state index in [0.29, 0.717) is 42.7 Å². The third kappa shape index (κ3) is 6.55. The molecule has 3 N–H and O–H groups in total. The van der Waals surface area contributed by atoms with Gasteiger partial charge in [0.2, 0.25) is 5.91 Å². The van der Waals surface area contributed by atoms with Gasteiger partial charge in [-0.1, -0.05) is 23.7 Å². The molecule has 1 fully saturated rings. The van der Waals surface area contributed by atoms with Crippen LogP contribution < -0.4 is 15.8 Å². The van der Waals surface area contributed by atoms with E-state index in [2.05, 4.69) is 5.32 Å². The minimum atomic E-state index is 0. The Balaban J connectivity index is 0.00000220. The highest BCUT2D eigenvalue weighted by atomic mass is 35.5. The van der Waals surface area contributed by atoms with Crippen LogP contribution in [0.4, 0.5) is 0 Å². The maximum absolute atomic E-state index is 11.6. The molecule has 21 heavy (non-hydrogen) atoms. The van der Waals surface area contributed by atoms with Crippen LogP contribution in [0.25, 0.3) is 0 Å². The Bertz CT molecular complexity index is 453. The second-order valence-electron chi connectivity index (χ2n) is 5.19. The SMILES string of the molecule is Cl.NC(CNC(=O)CCCOc1ccccc1Cl)C1CC1. The molecule has 1 atom stereocenters. The topological polar surface area (TPSA) is 64.3 Å². The Hall–Kier alpha value is -0.970. The molecule has 2 rings (SSSR count). The van der Waals surface area contributed by atoms with Crippen LogP contribution in [-0.2, 0) is 4.79 Å². The molecule has 0 aromatic heterocycles. The number of amides is 1. The average molecular weight is 333 g/mol. The van der Waals surface area contributed by atoms with E-state index < -0.39 is 0 Å². The minimum absolute atomic E-state index is 0. The smallest absolute Gasteiger partial charge is 0.220 e. The standard InChI is InChI=1S/C15H21ClN2O2.ClH/c16-12-4-1-2-5-14(12)20-9-3-6-15(19)18-10-13(17)11-7-8-11;/h1-2,4-5,11,13H,3,6-10,17H2,(H,18,19);1H. The van der Waals surface area contributed by atoms with Crippen molar-refractivity contribution in [2.24, 2.45) is 11.7 Å². The summed E-state index contributed by atoms with van der Waals surface area (Å²) in [5, 5.41) is 3.46. The third-order valence-electron chi connectivity index (χ3n) is 3.40. The predicted octanol–water partition coefficient (Wildman–Crippen LogP) is 2.77. The molecule has 1 unspecified atom stereocenters. The summed E-state index contributed by atoms with van der Waals surface area (Å²) in [6.07, 6.45) is 3.50. The van der Waals surface area contributed by atoms with Gasteiger partial charge in [-0.2, -0.15) is 0 Å². The van der Waals surface area contributed by atoms with Gasteiger partial charge in [-0.25, -0.2) is 0 Å². The summed E-state index contributed by atoms with van der Waals surface area (Å²) >= 11 is 5.97. The molecule has 0 bridgehead atoms. The number of hydrogen-bond acceptors (Lipinski definition) is 3. The number of halogens is 2. The number of nitrogens with two attached hydrogens (primary N) is 1. The summed E-state index contributed by atoms with van der Waals surface area (Å²) in [4.78, 5) is 11.6. The zero-order valence-electron chi connectivity index (χ0n) is 11.9. The lowest BCUT2D eigenvalue weighted by Crippen LogP contribution is -2.38. The first-order valence-electron chi connectivity index (χ1n) is 7.06.